The van der Waals surface area contributed by atoms with Crippen molar-refractivity contribution in [3.63, 3.8) is 0 Å². The SMILES string of the molecule is Cc1cnc(C(=O)N2CCC(c3noc(-c4ccc(=O)[nH]c4)n3)CC2)cn1. The number of hydrogen-bond donors (Lipinski definition) is 1. The molecule has 3 aromatic heterocycles. The molecule has 1 fully saturated rings. The molecule has 0 atom stereocenters. The third-order valence-corrected chi connectivity index (χ3v) is 4.62. The Morgan fingerprint density at radius 2 is 2.04 bits per heavy atom. The fraction of sp³-hybridized carbons (Fsp3) is 0.333. The fourth-order valence-electron chi connectivity index (χ4n) is 3.07. The van der Waals surface area contributed by atoms with Gasteiger partial charge in [0, 0.05) is 37.5 Å². The molecule has 0 spiro atoms. The van der Waals surface area contributed by atoms with Crippen LogP contribution in [0.2, 0.25) is 0 Å². The number of amides is 1. The molecule has 3 aromatic rings. The smallest absolute Gasteiger partial charge is 0.274 e. The zero-order valence-corrected chi connectivity index (χ0v) is 14.8. The monoisotopic (exact) mass is 366 g/mol. The van der Waals surface area contributed by atoms with Gasteiger partial charge in [0.25, 0.3) is 11.8 Å². The molecule has 9 heteroatoms. The van der Waals surface area contributed by atoms with Crippen LogP contribution in [-0.4, -0.2) is 49.0 Å². The van der Waals surface area contributed by atoms with Gasteiger partial charge in [-0.3, -0.25) is 14.6 Å². The van der Waals surface area contributed by atoms with Crippen LogP contribution in [0.4, 0.5) is 0 Å². The number of aromatic amines is 1. The highest BCUT2D eigenvalue weighted by Crippen LogP contribution is 2.28. The first-order valence-corrected chi connectivity index (χ1v) is 8.71. The molecular weight excluding hydrogens is 348 g/mol. The lowest BCUT2D eigenvalue weighted by Gasteiger charge is -2.30. The van der Waals surface area contributed by atoms with Crippen LogP contribution in [0.5, 0.6) is 0 Å². The Balaban J connectivity index is 1.40. The van der Waals surface area contributed by atoms with Crippen LogP contribution >= 0.6 is 0 Å². The van der Waals surface area contributed by atoms with E-state index in [1.807, 2.05) is 6.92 Å². The molecule has 1 N–H and O–H groups in total. The molecule has 4 heterocycles. The molecule has 1 aliphatic heterocycles. The Morgan fingerprint density at radius 1 is 1.22 bits per heavy atom. The quantitative estimate of drug-likeness (QED) is 0.747. The summed E-state index contributed by atoms with van der Waals surface area (Å²) in [6, 6.07) is 3.05. The van der Waals surface area contributed by atoms with Gasteiger partial charge in [-0.25, -0.2) is 4.98 Å². The van der Waals surface area contributed by atoms with Crippen molar-refractivity contribution in [3.05, 3.63) is 58.3 Å². The zero-order valence-electron chi connectivity index (χ0n) is 14.8. The molecule has 0 aliphatic carbocycles. The largest absolute Gasteiger partial charge is 0.337 e. The molecule has 0 saturated carbocycles. The molecule has 0 unspecified atom stereocenters. The molecule has 0 aromatic carbocycles. The minimum absolute atomic E-state index is 0.108. The lowest BCUT2D eigenvalue weighted by Crippen LogP contribution is -2.38. The number of hydrogen-bond acceptors (Lipinski definition) is 7. The number of carbonyl (C=O) groups excluding carboxylic acids is 1. The Bertz CT molecular complexity index is 982. The van der Waals surface area contributed by atoms with Gasteiger partial charge in [-0.1, -0.05) is 5.16 Å². The highest BCUT2D eigenvalue weighted by atomic mass is 16.5. The van der Waals surface area contributed by atoms with E-state index in [9.17, 15) is 9.59 Å². The van der Waals surface area contributed by atoms with Crippen LogP contribution in [0.25, 0.3) is 11.5 Å². The Hall–Kier alpha value is -3.36. The second-order valence-electron chi connectivity index (χ2n) is 6.51. The van der Waals surface area contributed by atoms with E-state index in [1.54, 1.807) is 23.4 Å². The van der Waals surface area contributed by atoms with E-state index in [2.05, 4.69) is 25.1 Å². The van der Waals surface area contributed by atoms with Gasteiger partial charge >= 0.3 is 0 Å². The first-order valence-electron chi connectivity index (χ1n) is 8.71. The number of nitrogens with one attached hydrogen (secondary N) is 1. The maximum Gasteiger partial charge on any atom is 0.274 e. The molecule has 0 radical (unpaired) electrons. The summed E-state index contributed by atoms with van der Waals surface area (Å²) >= 11 is 0. The summed E-state index contributed by atoms with van der Waals surface area (Å²) in [6.45, 7) is 3.03. The third-order valence-electron chi connectivity index (χ3n) is 4.62. The van der Waals surface area contributed by atoms with E-state index in [0.717, 1.165) is 18.5 Å². The van der Waals surface area contributed by atoms with E-state index in [4.69, 9.17) is 4.52 Å². The normalized spacial score (nSPS) is 15.1. The lowest BCUT2D eigenvalue weighted by atomic mass is 9.96. The number of piperidine rings is 1. The summed E-state index contributed by atoms with van der Waals surface area (Å²) in [6.07, 6.45) is 6.14. The summed E-state index contributed by atoms with van der Waals surface area (Å²) in [5, 5.41) is 4.07. The summed E-state index contributed by atoms with van der Waals surface area (Å²) < 4.78 is 5.32. The van der Waals surface area contributed by atoms with E-state index in [0.29, 0.717) is 36.1 Å². The fourth-order valence-corrected chi connectivity index (χ4v) is 3.07. The Kier molecular flexibility index (Phi) is 4.49. The standard InChI is InChI=1S/C18H18N6O3/c1-11-8-20-14(10-19-11)18(26)24-6-4-12(5-7-24)16-22-17(27-23-16)13-2-3-15(25)21-9-13/h2-3,8-10,12H,4-7H2,1H3,(H,21,25). The predicted octanol–water partition coefficient (Wildman–Crippen LogP) is 1.54. The molecule has 4 rings (SSSR count). The van der Waals surface area contributed by atoms with E-state index in [-0.39, 0.29) is 17.4 Å². The average Bonchev–Trinajstić information content (AvgIpc) is 3.19. The summed E-state index contributed by atoms with van der Waals surface area (Å²) in [7, 11) is 0. The second-order valence-corrected chi connectivity index (χ2v) is 6.51. The average molecular weight is 366 g/mol. The van der Waals surface area contributed by atoms with E-state index < -0.39 is 0 Å². The molecule has 0 bridgehead atoms. The molecule has 9 nitrogen and oxygen atoms in total. The van der Waals surface area contributed by atoms with Crippen LogP contribution in [-0.2, 0) is 0 Å². The molecular formula is C18H18N6O3. The first-order chi connectivity index (χ1) is 13.1. The van der Waals surface area contributed by atoms with E-state index >= 15 is 0 Å². The molecule has 1 aliphatic rings. The maximum absolute atomic E-state index is 12.5. The number of H-pyrrole nitrogens is 1. The third kappa shape index (κ3) is 3.62. The Morgan fingerprint density at radius 3 is 2.70 bits per heavy atom. The van der Waals surface area contributed by atoms with Gasteiger partial charge in [0.2, 0.25) is 5.56 Å². The number of likely N-dealkylation sites (tertiary alicyclic amines) is 1. The highest BCUT2D eigenvalue weighted by Gasteiger charge is 2.28. The first kappa shape index (κ1) is 17.1. The molecule has 138 valence electrons. The predicted molar refractivity (Wildman–Crippen MR) is 95.0 cm³/mol. The van der Waals surface area contributed by atoms with Crippen molar-refractivity contribution in [1.82, 2.24) is 30.0 Å². The highest BCUT2D eigenvalue weighted by molar-refractivity contribution is 5.92. The van der Waals surface area contributed by atoms with Gasteiger partial charge in [-0.2, -0.15) is 4.98 Å². The number of rotatable bonds is 3. The van der Waals surface area contributed by atoms with Crippen molar-refractivity contribution in [2.45, 2.75) is 25.7 Å². The van der Waals surface area contributed by atoms with Crippen LogP contribution in [0, 0.1) is 6.92 Å². The molecule has 1 saturated heterocycles. The van der Waals surface area contributed by atoms with Gasteiger partial charge in [0.1, 0.15) is 5.69 Å². The van der Waals surface area contributed by atoms with Crippen molar-refractivity contribution in [2.24, 2.45) is 0 Å². The minimum atomic E-state index is -0.186. The van der Waals surface area contributed by atoms with Gasteiger partial charge in [-0.15, -0.1) is 0 Å². The van der Waals surface area contributed by atoms with Crippen molar-refractivity contribution < 1.29 is 9.32 Å². The second kappa shape index (κ2) is 7.10. The maximum atomic E-state index is 12.5. The van der Waals surface area contributed by atoms with Gasteiger partial charge < -0.3 is 14.4 Å². The number of aryl methyl sites for hydroxylation is 1. The number of carbonyl (C=O) groups is 1. The topological polar surface area (TPSA) is 118 Å². The van der Waals surface area contributed by atoms with Crippen molar-refractivity contribution in [1.29, 1.82) is 0 Å². The van der Waals surface area contributed by atoms with Crippen LogP contribution in [0.3, 0.4) is 0 Å². The van der Waals surface area contributed by atoms with Gasteiger partial charge in [-0.05, 0) is 25.8 Å². The van der Waals surface area contributed by atoms with Crippen LogP contribution in [0.15, 0.2) is 40.0 Å². The summed E-state index contributed by atoms with van der Waals surface area (Å²) in [4.78, 5) is 40.8. The van der Waals surface area contributed by atoms with Crippen molar-refractivity contribution in [3.8, 4) is 11.5 Å². The molecule has 1 amide bonds. The lowest BCUT2D eigenvalue weighted by molar-refractivity contribution is 0.0704. The summed E-state index contributed by atoms with van der Waals surface area (Å²) in [5.74, 6) is 1.01. The Labute approximate surface area is 154 Å². The van der Waals surface area contributed by atoms with Gasteiger partial charge in [0.15, 0.2) is 5.82 Å². The molecule has 27 heavy (non-hydrogen) atoms. The minimum Gasteiger partial charge on any atom is -0.337 e. The van der Waals surface area contributed by atoms with Gasteiger partial charge in [0.05, 0.1) is 17.5 Å². The van der Waals surface area contributed by atoms with E-state index in [1.165, 1.54) is 12.3 Å². The summed E-state index contributed by atoms with van der Waals surface area (Å²) in [5.41, 5.74) is 1.62. The van der Waals surface area contributed by atoms with Crippen LogP contribution in [0.1, 0.15) is 40.8 Å². The number of aromatic nitrogens is 5. The van der Waals surface area contributed by atoms with Crippen molar-refractivity contribution >= 4 is 5.91 Å². The van der Waals surface area contributed by atoms with Crippen molar-refractivity contribution in [2.75, 3.05) is 13.1 Å². The number of nitrogens with zero attached hydrogens (tertiary/aromatic N) is 5. The number of pyridine rings is 1. The zero-order chi connectivity index (χ0) is 18.8. The van der Waals surface area contributed by atoms with Crippen LogP contribution < -0.4 is 5.56 Å².